The molecular formula is C13H16ClN3O. The lowest BCUT2D eigenvalue weighted by Crippen LogP contribution is -2.26. The Morgan fingerprint density at radius 1 is 1.44 bits per heavy atom. The van der Waals surface area contributed by atoms with Crippen LogP contribution in [0.1, 0.15) is 19.8 Å². The molecule has 0 heterocycles. The van der Waals surface area contributed by atoms with Crippen molar-refractivity contribution in [3.05, 3.63) is 29.3 Å². The number of hydrogen-bond donors (Lipinski definition) is 2. The van der Waals surface area contributed by atoms with Crippen LogP contribution in [0.5, 0.6) is 0 Å². The Morgan fingerprint density at radius 3 is 2.83 bits per heavy atom. The number of anilines is 1. The van der Waals surface area contributed by atoms with Crippen LogP contribution < -0.4 is 10.7 Å². The summed E-state index contributed by atoms with van der Waals surface area (Å²) in [5.41, 5.74) is 4.29. The van der Waals surface area contributed by atoms with Gasteiger partial charge in [-0.15, -0.1) is 0 Å². The first-order valence-corrected chi connectivity index (χ1v) is 6.36. The maximum atomic E-state index is 11.6. The molecule has 1 aliphatic rings. The molecule has 1 aromatic rings. The quantitative estimate of drug-likeness (QED) is 0.635. The zero-order chi connectivity index (χ0) is 13.0. The summed E-state index contributed by atoms with van der Waals surface area (Å²) in [6.07, 6.45) is 2.37. The third-order valence-corrected chi connectivity index (χ3v) is 3.17. The number of rotatable bonds is 5. The van der Waals surface area contributed by atoms with Gasteiger partial charge in [-0.1, -0.05) is 23.7 Å². The highest BCUT2D eigenvalue weighted by molar-refractivity contribution is 6.33. The molecule has 96 valence electrons. The minimum atomic E-state index is -0.171. The molecule has 0 bridgehead atoms. The summed E-state index contributed by atoms with van der Waals surface area (Å²) >= 11 is 5.96. The molecule has 1 amide bonds. The van der Waals surface area contributed by atoms with E-state index >= 15 is 0 Å². The molecule has 2 N–H and O–H groups in total. The van der Waals surface area contributed by atoms with Crippen LogP contribution in [0.25, 0.3) is 0 Å². The van der Waals surface area contributed by atoms with Gasteiger partial charge in [0.1, 0.15) is 0 Å². The van der Waals surface area contributed by atoms with Crippen molar-refractivity contribution in [3.8, 4) is 0 Å². The number of nitrogens with one attached hydrogen (secondary N) is 2. The Labute approximate surface area is 111 Å². The zero-order valence-electron chi connectivity index (χ0n) is 10.2. The molecule has 18 heavy (non-hydrogen) atoms. The van der Waals surface area contributed by atoms with Gasteiger partial charge in [0, 0.05) is 5.71 Å². The average Bonchev–Trinajstić information content (AvgIpc) is 3.19. The van der Waals surface area contributed by atoms with Crippen molar-refractivity contribution in [1.29, 1.82) is 0 Å². The summed E-state index contributed by atoms with van der Waals surface area (Å²) in [4.78, 5) is 11.6. The molecular weight excluding hydrogens is 250 g/mol. The Morgan fingerprint density at radius 2 is 2.17 bits per heavy atom. The minimum Gasteiger partial charge on any atom is -0.375 e. The van der Waals surface area contributed by atoms with Gasteiger partial charge in [0.15, 0.2) is 0 Å². The second-order valence-electron chi connectivity index (χ2n) is 4.40. The first-order valence-electron chi connectivity index (χ1n) is 5.98. The summed E-state index contributed by atoms with van der Waals surface area (Å²) in [5.74, 6) is 0.400. The van der Waals surface area contributed by atoms with Crippen molar-refractivity contribution < 1.29 is 4.79 Å². The van der Waals surface area contributed by atoms with Gasteiger partial charge in [0.2, 0.25) is 0 Å². The van der Waals surface area contributed by atoms with E-state index in [0.29, 0.717) is 10.9 Å². The lowest BCUT2D eigenvalue weighted by molar-refractivity contribution is -0.119. The van der Waals surface area contributed by atoms with Crippen molar-refractivity contribution in [2.45, 2.75) is 19.8 Å². The number of halogens is 1. The molecule has 4 nitrogen and oxygen atoms in total. The second kappa shape index (κ2) is 5.87. The smallest absolute Gasteiger partial charge is 0.259 e. The first-order chi connectivity index (χ1) is 8.66. The zero-order valence-corrected chi connectivity index (χ0v) is 11.0. The highest BCUT2D eigenvalue weighted by Crippen LogP contribution is 2.30. The van der Waals surface area contributed by atoms with Crippen molar-refractivity contribution in [3.63, 3.8) is 0 Å². The molecule has 5 heteroatoms. The maximum absolute atomic E-state index is 11.6. The Kier molecular flexibility index (Phi) is 4.20. The molecule has 1 aliphatic carbocycles. The normalized spacial score (nSPS) is 15.3. The minimum absolute atomic E-state index is 0.158. The van der Waals surface area contributed by atoms with Gasteiger partial charge in [0.05, 0.1) is 17.3 Å². The lowest BCUT2D eigenvalue weighted by Gasteiger charge is -2.07. The Balaban J connectivity index is 1.78. The van der Waals surface area contributed by atoms with Gasteiger partial charge >= 0.3 is 0 Å². The van der Waals surface area contributed by atoms with E-state index in [4.69, 9.17) is 11.6 Å². The molecule has 0 saturated heterocycles. The van der Waals surface area contributed by atoms with Gasteiger partial charge in [-0.25, -0.2) is 5.43 Å². The van der Waals surface area contributed by atoms with Gasteiger partial charge in [-0.3, -0.25) is 4.79 Å². The van der Waals surface area contributed by atoms with E-state index in [2.05, 4.69) is 15.8 Å². The van der Waals surface area contributed by atoms with Crippen LogP contribution in [0.4, 0.5) is 5.69 Å². The number of carbonyl (C=O) groups excluding carboxylic acids is 1. The predicted molar refractivity (Wildman–Crippen MR) is 73.9 cm³/mol. The van der Waals surface area contributed by atoms with Crippen molar-refractivity contribution in [2.24, 2.45) is 11.0 Å². The van der Waals surface area contributed by atoms with Gasteiger partial charge < -0.3 is 5.32 Å². The number of carbonyl (C=O) groups is 1. The van der Waals surface area contributed by atoms with E-state index in [-0.39, 0.29) is 12.5 Å². The van der Waals surface area contributed by atoms with Crippen LogP contribution in [-0.2, 0) is 4.79 Å². The monoisotopic (exact) mass is 265 g/mol. The summed E-state index contributed by atoms with van der Waals surface area (Å²) in [7, 11) is 0. The van der Waals surface area contributed by atoms with Gasteiger partial charge in [0.25, 0.3) is 5.91 Å². The van der Waals surface area contributed by atoms with E-state index in [9.17, 15) is 4.79 Å². The summed E-state index contributed by atoms with van der Waals surface area (Å²) in [6, 6.07) is 7.31. The number of nitrogens with zero attached hydrogens (tertiary/aromatic N) is 1. The number of hydrazone groups is 1. The fourth-order valence-electron chi connectivity index (χ4n) is 1.56. The fourth-order valence-corrected chi connectivity index (χ4v) is 1.77. The highest BCUT2D eigenvalue weighted by Gasteiger charge is 2.24. The molecule has 1 saturated carbocycles. The average molecular weight is 266 g/mol. The van der Waals surface area contributed by atoms with Crippen LogP contribution in [0.2, 0.25) is 5.02 Å². The molecule has 0 radical (unpaired) electrons. The van der Waals surface area contributed by atoms with Crippen LogP contribution in [0, 0.1) is 5.92 Å². The molecule has 0 aromatic heterocycles. The first kappa shape index (κ1) is 12.9. The largest absolute Gasteiger partial charge is 0.375 e. The summed E-state index contributed by atoms with van der Waals surface area (Å²) < 4.78 is 0. The number of para-hydroxylation sites is 1. The topological polar surface area (TPSA) is 53.5 Å². The standard InChI is InChI=1S/C13H16ClN3O/c1-9(10-6-7-10)16-17-13(18)8-15-12-5-3-2-4-11(12)14/h2-5,10,15H,6-8H2,1H3,(H,17,18)/b16-9-. The highest BCUT2D eigenvalue weighted by atomic mass is 35.5. The van der Waals surface area contributed by atoms with Crippen LogP contribution in [0.3, 0.4) is 0 Å². The third-order valence-electron chi connectivity index (χ3n) is 2.84. The maximum Gasteiger partial charge on any atom is 0.259 e. The molecule has 1 aromatic carbocycles. The Bertz CT molecular complexity index is 469. The van der Waals surface area contributed by atoms with E-state index in [1.807, 2.05) is 25.1 Å². The van der Waals surface area contributed by atoms with E-state index < -0.39 is 0 Å². The molecule has 1 fully saturated rings. The summed E-state index contributed by atoms with van der Waals surface area (Å²) in [6.45, 7) is 2.10. The SMILES string of the molecule is C/C(=N/NC(=O)CNc1ccccc1Cl)C1CC1. The van der Waals surface area contributed by atoms with Crippen LogP contribution >= 0.6 is 11.6 Å². The number of hydrogen-bond acceptors (Lipinski definition) is 3. The summed E-state index contributed by atoms with van der Waals surface area (Å²) in [5, 5.41) is 7.63. The lowest BCUT2D eigenvalue weighted by atomic mass is 10.3. The van der Waals surface area contributed by atoms with Crippen molar-refractivity contribution in [1.82, 2.24) is 5.43 Å². The number of benzene rings is 1. The molecule has 0 atom stereocenters. The van der Waals surface area contributed by atoms with Gasteiger partial charge in [-0.05, 0) is 37.8 Å². The predicted octanol–water partition coefficient (Wildman–Crippen LogP) is 2.65. The van der Waals surface area contributed by atoms with Crippen molar-refractivity contribution in [2.75, 3.05) is 11.9 Å². The second-order valence-corrected chi connectivity index (χ2v) is 4.80. The van der Waals surface area contributed by atoms with E-state index in [1.54, 1.807) is 6.07 Å². The fraction of sp³-hybridized carbons (Fsp3) is 0.385. The van der Waals surface area contributed by atoms with Crippen LogP contribution in [0.15, 0.2) is 29.4 Å². The van der Waals surface area contributed by atoms with Gasteiger partial charge in [-0.2, -0.15) is 5.10 Å². The number of amides is 1. The Hall–Kier alpha value is -1.55. The van der Waals surface area contributed by atoms with Crippen molar-refractivity contribution >= 4 is 28.9 Å². The van der Waals surface area contributed by atoms with Crippen LogP contribution in [-0.4, -0.2) is 18.2 Å². The van der Waals surface area contributed by atoms with E-state index in [1.165, 1.54) is 12.8 Å². The molecule has 0 aliphatic heterocycles. The third kappa shape index (κ3) is 3.74. The molecule has 2 rings (SSSR count). The molecule has 0 unspecified atom stereocenters. The molecule has 0 spiro atoms. The van der Waals surface area contributed by atoms with E-state index in [0.717, 1.165) is 11.4 Å².